The van der Waals surface area contributed by atoms with Crippen LogP contribution < -0.4 is 9.64 Å². The second-order valence-electron chi connectivity index (χ2n) is 7.07. The van der Waals surface area contributed by atoms with Gasteiger partial charge in [0.25, 0.3) is 5.91 Å². The molecule has 1 saturated heterocycles. The number of nitrogens with one attached hydrogen (secondary N) is 1. The average Bonchev–Trinajstić information content (AvgIpc) is 3.30. The number of hydrogen-bond acceptors (Lipinski definition) is 3. The average molecular weight is 389 g/mol. The Bertz CT molecular complexity index is 986. The standard InChI is InChI=1S/C23H23N3O3/c1-29-20-10-5-9-18(14-20)25-15-19(13-17-7-3-2-4-8-17)26(16-22(25)27)23(28)21-11-6-12-24-21/h2-12,14,19,24H,13,15-16H2,1H3/t19-/m0/s1. The smallest absolute Gasteiger partial charge is 0.271 e. The summed E-state index contributed by atoms with van der Waals surface area (Å²) >= 11 is 0. The molecule has 6 heteroatoms. The number of H-pyrrole nitrogens is 1. The van der Waals surface area contributed by atoms with Gasteiger partial charge in [-0.15, -0.1) is 0 Å². The van der Waals surface area contributed by atoms with Gasteiger partial charge in [-0.25, -0.2) is 0 Å². The van der Waals surface area contributed by atoms with Crippen molar-refractivity contribution in [1.82, 2.24) is 9.88 Å². The highest BCUT2D eigenvalue weighted by molar-refractivity contribution is 6.01. The highest BCUT2D eigenvalue weighted by Gasteiger charge is 2.36. The molecule has 29 heavy (non-hydrogen) atoms. The van der Waals surface area contributed by atoms with Gasteiger partial charge in [0.2, 0.25) is 5.91 Å². The number of aromatic nitrogens is 1. The van der Waals surface area contributed by atoms with Crippen LogP contribution in [-0.2, 0) is 11.2 Å². The minimum absolute atomic E-state index is 0.0343. The normalized spacial score (nSPS) is 16.7. The second kappa shape index (κ2) is 8.22. The van der Waals surface area contributed by atoms with Crippen LogP contribution in [0.3, 0.4) is 0 Å². The number of piperazine rings is 1. The van der Waals surface area contributed by atoms with Crippen LogP contribution in [0, 0.1) is 0 Å². The monoisotopic (exact) mass is 389 g/mol. The van der Waals surface area contributed by atoms with Crippen molar-refractivity contribution in [2.75, 3.05) is 25.1 Å². The quantitative estimate of drug-likeness (QED) is 0.729. The molecule has 1 fully saturated rings. The van der Waals surface area contributed by atoms with Gasteiger partial charge >= 0.3 is 0 Å². The number of hydrogen-bond donors (Lipinski definition) is 1. The van der Waals surface area contributed by atoms with Gasteiger partial charge in [-0.05, 0) is 36.2 Å². The fourth-order valence-corrected chi connectivity index (χ4v) is 3.72. The number of methoxy groups -OCH3 is 1. The number of benzene rings is 2. The van der Waals surface area contributed by atoms with E-state index in [4.69, 9.17) is 4.74 Å². The van der Waals surface area contributed by atoms with E-state index in [1.54, 1.807) is 35.2 Å². The van der Waals surface area contributed by atoms with Gasteiger partial charge in [0, 0.05) is 24.5 Å². The summed E-state index contributed by atoms with van der Waals surface area (Å²) < 4.78 is 5.31. The number of ether oxygens (including phenoxy) is 1. The molecule has 4 rings (SSSR count). The molecule has 0 bridgehead atoms. The van der Waals surface area contributed by atoms with Crippen molar-refractivity contribution < 1.29 is 14.3 Å². The predicted octanol–water partition coefficient (Wildman–Crippen LogP) is 3.12. The summed E-state index contributed by atoms with van der Waals surface area (Å²) in [6.45, 7) is 0.458. The summed E-state index contributed by atoms with van der Waals surface area (Å²) in [6.07, 6.45) is 2.38. The molecule has 3 aromatic rings. The van der Waals surface area contributed by atoms with Gasteiger partial charge < -0.3 is 19.5 Å². The molecule has 2 aromatic carbocycles. The van der Waals surface area contributed by atoms with E-state index in [9.17, 15) is 9.59 Å². The zero-order chi connectivity index (χ0) is 20.2. The van der Waals surface area contributed by atoms with E-state index in [1.807, 2.05) is 54.6 Å². The molecule has 0 unspecified atom stereocenters. The topological polar surface area (TPSA) is 65.6 Å². The van der Waals surface area contributed by atoms with Crippen molar-refractivity contribution in [3.05, 3.63) is 84.2 Å². The first-order chi connectivity index (χ1) is 14.2. The first kappa shape index (κ1) is 18.8. The molecule has 148 valence electrons. The van der Waals surface area contributed by atoms with Crippen molar-refractivity contribution in [3.63, 3.8) is 0 Å². The molecule has 6 nitrogen and oxygen atoms in total. The van der Waals surface area contributed by atoms with E-state index >= 15 is 0 Å². The Morgan fingerprint density at radius 3 is 2.66 bits per heavy atom. The third-order valence-corrected chi connectivity index (χ3v) is 5.21. The number of anilines is 1. The maximum atomic E-state index is 13.1. The molecule has 1 N–H and O–H groups in total. The molecule has 0 spiro atoms. The number of amides is 2. The first-order valence-electron chi connectivity index (χ1n) is 9.58. The van der Waals surface area contributed by atoms with E-state index in [0.29, 0.717) is 24.4 Å². The van der Waals surface area contributed by atoms with Crippen LogP contribution in [-0.4, -0.2) is 47.9 Å². The van der Waals surface area contributed by atoms with Gasteiger partial charge in [-0.2, -0.15) is 0 Å². The minimum Gasteiger partial charge on any atom is -0.497 e. The Balaban J connectivity index is 1.64. The van der Waals surface area contributed by atoms with Crippen molar-refractivity contribution in [2.24, 2.45) is 0 Å². The molecule has 0 aliphatic carbocycles. The molecule has 1 atom stereocenters. The lowest BCUT2D eigenvalue weighted by Crippen LogP contribution is -2.59. The number of nitrogens with zero attached hydrogens (tertiary/aromatic N) is 2. The summed E-state index contributed by atoms with van der Waals surface area (Å²) in [5, 5.41) is 0. The lowest BCUT2D eigenvalue weighted by atomic mass is 10.0. The third kappa shape index (κ3) is 4.01. The Kier molecular flexibility index (Phi) is 5.33. The van der Waals surface area contributed by atoms with Gasteiger partial charge in [-0.1, -0.05) is 36.4 Å². The van der Waals surface area contributed by atoms with Crippen molar-refractivity contribution >= 4 is 17.5 Å². The largest absolute Gasteiger partial charge is 0.497 e. The molecule has 1 aromatic heterocycles. The van der Waals surface area contributed by atoms with Gasteiger partial charge in [0.05, 0.1) is 13.2 Å². The zero-order valence-electron chi connectivity index (χ0n) is 16.2. The zero-order valence-corrected chi connectivity index (χ0v) is 16.2. The lowest BCUT2D eigenvalue weighted by molar-refractivity contribution is -0.121. The Labute approximate surface area is 169 Å². The highest BCUT2D eigenvalue weighted by atomic mass is 16.5. The summed E-state index contributed by atoms with van der Waals surface area (Å²) in [5.41, 5.74) is 2.40. The first-order valence-corrected chi connectivity index (χ1v) is 9.58. The van der Waals surface area contributed by atoms with Crippen molar-refractivity contribution in [2.45, 2.75) is 12.5 Å². The van der Waals surface area contributed by atoms with Crippen molar-refractivity contribution in [3.8, 4) is 5.75 Å². The van der Waals surface area contributed by atoms with Crippen LogP contribution in [0.25, 0.3) is 0 Å². The van der Waals surface area contributed by atoms with Crippen LogP contribution in [0.4, 0.5) is 5.69 Å². The van der Waals surface area contributed by atoms with Crippen LogP contribution in [0.1, 0.15) is 16.1 Å². The van der Waals surface area contributed by atoms with Gasteiger partial charge in [-0.3, -0.25) is 9.59 Å². The maximum absolute atomic E-state index is 13.1. The second-order valence-corrected chi connectivity index (χ2v) is 7.07. The molecule has 2 amide bonds. The third-order valence-electron chi connectivity index (χ3n) is 5.21. The van der Waals surface area contributed by atoms with Crippen LogP contribution >= 0.6 is 0 Å². The number of carbonyl (C=O) groups is 2. The summed E-state index contributed by atoms with van der Waals surface area (Å²) in [7, 11) is 1.60. The van der Waals surface area contributed by atoms with Gasteiger partial charge in [0.1, 0.15) is 18.0 Å². The van der Waals surface area contributed by atoms with E-state index in [2.05, 4.69) is 4.98 Å². The minimum atomic E-state index is -0.158. The molecular weight excluding hydrogens is 366 g/mol. The van der Waals surface area contributed by atoms with E-state index in [-0.39, 0.29) is 24.4 Å². The highest BCUT2D eigenvalue weighted by Crippen LogP contribution is 2.26. The predicted molar refractivity (Wildman–Crippen MR) is 111 cm³/mol. The Morgan fingerprint density at radius 2 is 1.93 bits per heavy atom. The van der Waals surface area contributed by atoms with Crippen molar-refractivity contribution in [1.29, 1.82) is 0 Å². The van der Waals surface area contributed by atoms with E-state index in [0.717, 1.165) is 11.3 Å². The molecule has 2 heterocycles. The van der Waals surface area contributed by atoms with Crippen LogP contribution in [0.2, 0.25) is 0 Å². The fourth-order valence-electron chi connectivity index (χ4n) is 3.72. The Hall–Kier alpha value is -3.54. The summed E-state index contributed by atoms with van der Waals surface area (Å²) in [5.74, 6) is 0.428. The molecule has 1 aliphatic rings. The SMILES string of the molecule is COc1cccc(N2C[C@H](Cc3ccccc3)N(C(=O)c3ccc[nH]3)CC2=O)c1. The lowest BCUT2D eigenvalue weighted by Gasteiger charge is -2.41. The van der Waals surface area contributed by atoms with E-state index < -0.39 is 0 Å². The van der Waals surface area contributed by atoms with Crippen LogP contribution in [0.5, 0.6) is 5.75 Å². The van der Waals surface area contributed by atoms with Gasteiger partial charge in [0.15, 0.2) is 0 Å². The summed E-state index contributed by atoms with van der Waals surface area (Å²) in [4.78, 5) is 32.4. The molecular formula is C23H23N3O3. The molecule has 0 radical (unpaired) electrons. The number of aromatic amines is 1. The number of rotatable bonds is 5. The number of carbonyl (C=O) groups excluding carboxylic acids is 2. The Morgan fingerprint density at radius 1 is 1.10 bits per heavy atom. The summed E-state index contributed by atoms with van der Waals surface area (Å²) in [6, 6.07) is 20.9. The molecule has 0 saturated carbocycles. The maximum Gasteiger partial charge on any atom is 0.271 e. The van der Waals surface area contributed by atoms with E-state index in [1.165, 1.54) is 0 Å². The van der Waals surface area contributed by atoms with Crippen LogP contribution in [0.15, 0.2) is 72.9 Å². The fraction of sp³-hybridized carbons (Fsp3) is 0.217. The molecule has 1 aliphatic heterocycles.